The van der Waals surface area contributed by atoms with Crippen LogP contribution in [-0.4, -0.2) is 37.1 Å². The van der Waals surface area contributed by atoms with Crippen molar-refractivity contribution in [2.75, 3.05) is 26.7 Å². The quantitative estimate of drug-likeness (QED) is 0.505. The van der Waals surface area contributed by atoms with E-state index in [0.717, 1.165) is 0 Å². The summed E-state index contributed by atoms with van der Waals surface area (Å²) in [7, 11) is 2.21. The van der Waals surface area contributed by atoms with Crippen molar-refractivity contribution < 1.29 is 1.43 Å². The van der Waals surface area contributed by atoms with E-state index in [1.807, 2.05) is 0 Å². The number of hydrogen-bond donors (Lipinski definition) is 1. The molecule has 0 aromatic heterocycles. The lowest BCUT2D eigenvalue weighted by Gasteiger charge is -2.30. The summed E-state index contributed by atoms with van der Waals surface area (Å²) in [5, 5.41) is 3.56. The Morgan fingerprint density at radius 3 is 2.78 bits per heavy atom. The molecule has 0 aromatic rings. The van der Waals surface area contributed by atoms with Crippen LogP contribution in [0.4, 0.5) is 0 Å². The average molecular weight is 128 g/mol. The van der Waals surface area contributed by atoms with Gasteiger partial charge >= 0.3 is 0 Å². The van der Waals surface area contributed by atoms with Crippen LogP contribution in [0.15, 0.2) is 0 Å². The molecule has 0 bridgehead atoms. The van der Waals surface area contributed by atoms with E-state index in [9.17, 15) is 0 Å². The molecule has 1 spiro atoms. The Labute approximate surface area is 57.7 Å². The molecule has 2 aliphatic rings. The molecule has 0 atom stereocenters. The van der Waals surface area contributed by atoms with Crippen LogP contribution in [0.5, 0.6) is 0 Å². The topological polar surface area (TPSA) is 15.3 Å². The van der Waals surface area contributed by atoms with Gasteiger partial charge in [-0.3, -0.25) is 0 Å². The zero-order valence-corrected chi connectivity index (χ0v) is 5.98. The maximum atomic E-state index is 3.56. The van der Waals surface area contributed by atoms with Gasteiger partial charge < -0.3 is 10.2 Å². The first kappa shape index (κ1) is 5.69. The molecule has 1 N–H and O–H groups in total. The second kappa shape index (κ2) is 1.70. The summed E-state index contributed by atoms with van der Waals surface area (Å²) < 4.78 is 0. The minimum atomic E-state index is 0. The largest absolute Gasteiger partial charge is 0.309 e. The van der Waals surface area contributed by atoms with Gasteiger partial charge in [0, 0.05) is 26.6 Å². The van der Waals surface area contributed by atoms with E-state index in [4.69, 9.17) is 0 Å². The molecule has 54 valence electrons. The third-order valence-electron chi connectivity index (χ3n) is 2.42. The minimum absolute atomic E-state index is 0. The van der Waals surface area contributed by atoms with E-state index < -0.39 is 0 Å². The molecule has 2 heteroatoms. The fourth-order valence-electron chi connectivity index (χ4n) is 1.65. The maximum Gasteiger partial charge on any atom is 0.0310 e. The fraction of sp³-hybridized carbons (Fsp3) is 1.00. The summed E-state index contributed by atoms with van der Waals surface area (Å²) >= 11 is 0. The van der Waals surface area contributed by atoms with Crippen molar-refractivity contribution in [1.29, 1.82) is 0 Å². The van der Waals surface area contributed by atoms with Crippen molar-refractivity contribution >= 4 is 0 Å². The summed E-state index contributed by atoms with van der Waals surface area (Å²) in [6, 6.07) is 0. The van der Waals surface area contributed by atoms with Crippen LogP contribution in [-0.2, 0) is 0 Å². The van der Waals surface area contributed by atoms with Gasteiger partial charge in [-0.05, 0) is 19.9 Å². The predicted octanol–water partition coefficient (Wildman–Crippen LogP) is 0.300. The summed E-state index contributed by atoms with van der Waals surface area (Å²) in [6.07, 6.45) is 2.80. The lowest BCUT2D eigenvalue weighted by molar-refractivity contribution is 0.227. The molecule has 1 saturated heterocycles. The molecule has 0 radical (unpaired) electrons. The van der Waals surface area contributed by atoms with Crippen molar-refractivity contribution in [3.8, 4) is 0 Å². The predicted molar refractivity (Wildman–Crippen MR) is 39.6 cm³/mol. The first-order valence-electron chi connectivity index (χ1n) is 3.74. The molecule has 0 aromatic carbocycles. The SMILES string of the molecule is CN1CCNC2(CC2)C1.[HH]. The molecular formula is C7H16N2. The molecule has 1 aliphatic heterocycles. The summed E-state index contributed by atoms with van der Waals surface area (Å²) in [4.78, 5) is 2.42. The average Bonchev–Trinajstić information content (AvgIpc) is 2.49. The number of likely N-dealkylation sites (N-methyl/N-ethyl adjacent to an activating group) is 1. The first-order chi connectivity index (χ1) is 4.31. The second-order valence-corrected chi connectivity index (χ2v) is 3.44. The van der Waals surface area contributed by atoms with E-state index >= 15 is 0 Å². The second-order valence-electron chi connectivity index (χ2n) is 3.44. The van der Waals surface area contributed by atoms with Gasteiger partial charge in [0.05, 0.1) is 0 Å². The lowest BCUT2D eigenvalue weighted by atomic mass is 10.2. The monoisotopic (exact) mass is 128 g/mol. The van der Waals surface area contributed by atoms with Gasteiger partial charge in [-0.25, -0.2) is 0 Å². The normalized spacial score (nSPS) is 33.0. The van der Waals surface area contributed by atoms with Crippen LogP contribution < -0.4 is 5.32 Å². The molecule has 0 unspecified atom stereocenters. The Bertz CT molecular complexity index is 123. The number of nitrogens with zero attached hydrogens (tertiary/aromatic N) is 1. The highest BCUT2D eigenvalue weighted by Crippen LogP contribution is 2.36. The van der Waals surface area contributed by atoms with Gasteiger partial charge in [0.1, 0.15) is 0 Å². The number of hydrogen-bond acceptors (Lipinski definition) is 2. The zero-order valence-electron chi connectivity index (χ0n) is 5.98. The molecule has 1 heterocycles. The highest BCUT2D eigenvalue weighted by Gasteiger charge is 2.44. The highest BCUT2D eigenvalue weighted by molar-refractivity contribution is 5.05. The number of rotatable bonds is 0. The third-order valence-corrected chi connectivity index (χ3v) is 2.42. The number of piperazine rings is 1. The highest BCUT2D eigenvalue weighted by atomic mass is 15.2. The van der Waals surface area contributed by atoms with Crippen molar-refractivity contribution in [2.45, 2.75) is 18.4 Å². The summed E-state index contributed by atoms with van der Waals surface area (Å²) in [5.74, 6) is 0. The Hall–Kier alpha value is -0.0800. The van der Waals surface area contributed by atoms with Crippen LogP contribution in [0.3, 0.4) is 0 Å². The lowest BCUT2D eigenvalue weighted by Crippen LogP contribution is -2.50. The Morgan fingerprint density at radius 1 is 1.56 bits per heavy atom. The first-order valence-corrected chi connectivity index (χ1v) is 3.74. The molecule has 2 fully saturated rings. The van der Waals surface area contributed by atoms with Crippen molar-refractivity contribution in [2.24, 2.45) is 0 Å². The molecule has 1 saturated carbocycles. The van der Waals surface area contributed by atoms with Crippen molar-refractivity contribution in [3.63, 3.8) is 0 Å². The van der Waals surface area contributed by atoms with Crippen LogP contribution >= 0.6 is 0 Å². The smallest absolute Gasteiger partial charge is 0.0310 e. The summed E-state index contributed by atoms with van der Waals surface area (Å²) in [5.41, 5.74) is 0.576. The van der Waals surface area contributed by atoms with Crippen LogP contribution in [0.2, 0.25) is 0 Å². The maximum absolute atomic E-state index is 3.56. The van der Waals surface area contributed by atoms with Gasteiger partial charge in [0.15, 0.2) is 0 Å². The fourth-order valence-corrected chi connectivity index (χ4v) is 1.65. The van der Waals surface area contributed by atoms with Crippen LogP contribution in [0.25, 0.3) is 0 Å². The van der Waals surface area contributed by atoms with E-state index in [-0.39, 0.29) is 1.43 Å². The Balaban J connectivity index is 0.000000500. The van der Waals surface area contributed by atoms with Gasteiger partial charge in [0.25, 0.3) is 0 Å². The molecule has 0 amide bonds. The van der Waals surface area contributed by atoms with E-state index in [1.54, 1.807) is 0 Å². The van der Waals surface area contributed by atoms with Gasteiger partial charge in [0.2, 0.25) is 0 Å². The molecule has 9 heavy (non-hydrogen) atoms. The van der Waals surface area contributed by atoms with Gasteiger partial charge in [-0.15, -0.1) is 0 Å². The Kier molecular flexibility index (Phi) is 1.08. The Morgan fingerprint density at radius 2 is 2.33 bits per heavy atom. The van der Waals surface area contributed by atoms with Crippen molar-refractivity contribution in [3.05, 3.63) is 0 Å². The van der Waals surface area contributed by atoms with Crippen LogP contribution in [0, 0.1) is 0 Å². The minimum Gasteiger partial charge on any atom is -0.309 e. The van der Waals surface area contributed by atoms with E-state index in [2.05, 4.69) is 17.3 Å². The zero-order chi connectivity index (χ0) is 6.32. The standard InChI is InChI=1S/C7H14N2.H2/c1-9-5-4-8-7(6-9)2-3-7;/h8H,2-6H2,1H3;1H. The van der Waals surface area contributed by atoms with Crippen LogP contribution in [0.1, 0.15) is 14.3 Å². The molecule has 1 aliphatic carbocycles. The number of nitrogens with one attached hydrogen (secondary N) is 1. The summed E-state index contributed by atoms with van der Waals surface area (Å²) in [6.45, 7) is 3.69. The van der Waals surface area contributed by atoms with Crippen molar-refractivity contribution in [1.82, 2.24) is 10.2 Å². The molecule has 2 nitrogen and oxygen atoms in total. The van der Waals surface area contributed by atoms with E-state index in [0.29, 0.717) is 5.54 Å². The molecular weight excluding hydrogens is 112 g/mol. The third kappa shape index (κ3) is 0.970. The van der Waals surface area contributed by atoms with Gasteiger partial charge in [-0.2, -0.15) is 0 Å². The van der Waals surface area contributed by atoms with E-state index in [1.165, 1.54) is 32.5 Å². The van der Waals surface area contributed by atoms with Gasteiger partial charge in [-0.1, -0.05) is 0 Å². The molecule has 2 rings (SSSR count).